The first-order valence-corrected chi connectivity index (χ1v) is 9.08. The number of H-pyrrole nitrogens is 1. The summed E-state index contributed by atoms with van der Waals surface area (Å²) in [6.07, 6.45) is -4.44. The number of ether oxygens (including phenoxy) is 2. The lowest BCUT2D eigenvalue weighted by Gasteiger charge is -2.14. The third-order valence-electron chi connectivity index (χ3n) is 4.17. The van der Waals surface area contributed by atoms with Gasteiger partial charge in [-0.05, 0) is 43.7 Å². The average molecular weight is 406 g/mol. The number of alkyl halides is 3. The second kappa shape index (κ2) is 8.52. The van der Waals surface area contributed by atoms with Crippen molar-refractivity contribution in [3.05, 3.63) is 59.4 Å². The lowest BCUT2D eigenvalue weighted by molar-refractivity contribution is -0.137. The van der Waals surface area contributed by atoms with Crippen LogP contribution in [-0.2, 0) is 6.18 Å². The van der Waals surface area contributed by atoms with Crippen molar-refractivity contribution in [1.29, 1.82) is 0 Å². The quantitative estimate of drug-likeness (QED) is 0.610. The SMILES string of the molecule is CCOc1ccc(C(N)c2nc(-c3cccc(C(F)(F)F)c3)n[nH]2)cc1OCC. The fourth-order valence-corrected chi connectivity index (χ4v) is 2.80. The van der Waals surface area contributed by atoms with E-state index in [9.17, 15) is 13.2 Å². The largest absolute Gasteiger partial charge is 0.490 e. The molecule has 1 aromatic heterocycles. The van der Waals surface area contributed by atoms with Gasteiger partial charge >= 0.3 is 6.18 Å². The number of rotatable bonds is 7. The molecule has 6 nitrogen and oxygen atoms in total. The number of nitrogens with two attached hydrogens (primary N) is 1. The summed E-state index contributed by atoms with van der Waals surface area (Å²) >= 11 is 0. The minimum Gasteiger partial charge on any atom is -0.490 e. The van der Waals surface area contributed by atoms with E-state index in [1.807, 2.05) is 13.8 Å². The zero-order valence-electron chi connectivity index (χ0n) is 16.0. The van der Waals surface area contributed by atoms with Gasteiger partial charge < -0.3 is 15.2 Å². The van der Waals surface area contributed by atoms with Gasteiger partial charge in [0.1, 0.15) is 5.82 Å². The van der Waals surface area contributed by atoms with Crippen LogP contribution in [0.1, 0.15) is 36.8 Å². The summed E-state index contributed by atoms with van der Waals surface area (Å²) in [7, 11) is 0. The van der Waals surface area contributed by atoms with Crippen LogP contribution in [0.2, 0.25) is 0 Å². The molecule has 0 spiro atoms. The van der Waals surface area contributed by atoms with Crippen molar-refractivity contribution in [3.8, 4) is 22.9 Å². The lowest BCUT2D eigenvalue weighted by Crippen LogP contribution is -2.14. The maximum absolute atomic E-state index is 12.9. The van der Waals surface area contributed by atoms with Gasteiger partial charge in [0.25, 0.3) is 0 Å². The number of nitrogens with zero attached hydrogens (tertiary/aromatic N) is 2. The number of aromatic amines is 1. The fourth-order valence-electron chi connectivity index (χ4n) is 2.80. The Kier molecular flexibility index (Phi) is 6.07. The molecule has 0 aliphatic carbocycles. The van der Waals surface area contributed by atoms with Crippen molar-refractivity contribution in [3.63, 3.8) is 0 Å². The van der Waals surface area contributed by atoms with E-state index in [4.69, 9.17) is 15.2 Å². The van der Waals surface area contributed by atoms with Crippen molar-refractivity contribution >= 4 is 0 Å². The predicted octanol–water partition coefficient (Wildman–Crippen LogP) is 4.34. The highest BCUT2D eigenvalue weighted by Gasteiger charge is 2.30. The Morgan fingerprint density at radius 1 is 1.03 bits per heavy atom. The number of hydrogen-bond acceptors (Lipinski definition) is 5. The Hall–Kier alpha value is -3.07. The van der Waals surface area contributed by atoms with Crippen molar-refractivity contribution in [2.45, 2.75) is 26.1 Å². The van der Waals surface area contributed by atoms with Crippen LogP contribution in [0.15, 0.2) is 42.5 Å². The second-order valence-corrected chi connectivity index (χ2v) is 6.17. The Bertz CT molecular complexity index is 972. The van der Waals surface area contributed by atoms with Gasteiger partial charge in [-0.1, -0.05) is 18.2 Å². The van der Waals surface area contributed by atoms with Crippen LogP contribution in [0.25, 0.3) is 11.4 Å². The summed E-state index contributed by atoms with van der Waals surface area (Å²) in [6.45, 7) is 4.69. The smallest absolute Gasteiger partial charge is 0.416 e. The van der Waals surface area contributed by atoms with Gasteiger partial charge in [0.05, 0.1) is 24.8 Å². The Morgan fingerprint density at radius 2 is 1.76 bits per heavy atom. The minimum absolute atomic E-state index is 0.137. The third kappa shape index (κ3) is 4.68. The van der Waals surface area contributed by atoms with E-state index in [2.05, 4.69) is 15.2 Å². The molecule has 0 aliphatic rings. The van der Waals surface area contributed by atoms with E-state index in [0.717, 1.165) is 12.1 Å². The first-order valence-electron chi connectivity index (χ1n) is 9.08. The van der Waals surface area contributed by atoms with Crippen LogP contribution in [0.3, 0.4) is 0 Å². The minimum atomic E-state index is -4.44. The maximum Gasteiger partial charge on any atom is 0.416 e. The topological polar surface area (TPSA) is 86.0 Å². The fraction of sp³-hybridized carbons (Fsp3) is 0.300. The number of aromatic nitrogens is 3. The third-order valence-corrected chi connectivity index (χ3v) is 4.17. The summed E-state index contributed by atoms with van der Waals surface area (Å²) in [4.78, 5) is 4.28. The summed E-state index contributed by atoms with van der Waals surface area (Å²) in [5.41, 5.74) is 6.46. The molecule has 1 atom stereocenters. The molecule has 0 fully saturated rings. The van der Waals surface area contributed by atoms with Gasteiger partial charge in [0.2, 0.25) is 0 Å². The molecule has 1 heterocycles. The molecule has 0 radical (unpaired) electrons. The van der Waals surface area contributed by atoms with E-state index in [1.54, 1.807) is 18.2 Å². The molecule has 3 N–H and O–H groups in total. The van der Waals surface area contributed by atoms with Crippen LogP contribution in [0, 0.1) is 0 Å². The van der Waals surface area contributed by atoms with Crippen LogP contribution in [-0.4, -0.2) is 28.4 Å². The highest BCUT2D eigenvalue weighted by atomic mass is 19.4. The van der Waals surface area contributed by atoms with E-state index >= 15 is 0 Å². The Labute approximate surface area is 165 Å². The number of hydrogen-bond donors (Lipinski definition) is 2. The normalized spacial score (nSPS) is 12.6. The van der Waals surface area contributed by atoms with E-state index in [0.29, 0.717) is 36.1 Å². The van der Waals surface area contributed by atoms with Crippen LogP contribution in [0.4, 0.5) is 13.2 Å². The maximum atomic E-state index is 12.9. The van der Waals surface area contributed by atoms with Crippen LogP contribution >= 0.6 is 0 Å². The van der Waals surface area contributed by atoms with Crippen LogP contribution < -0.4 is 15.2 Å². The molecular formula is C20H21F3N4O2. The first kappa shape index (κ1) is 20.7. The van der Waals surface area contributed by atoms with Gasteiger partial charge in [0.15, 0.2) is 17.3 Å². The molecule has 154 valence electrons. The molecule has 9 heteroatoms. The Balaban J connectivity index is 1.88. The van der Waals surface area contributed by atoms with Gasteiger partial charge in [-0.25, -0.2) is 4.98 Å². The molecule has 3 aromatic rings. The van der Waals surface area contributed by atoms with Gasteiger partial charge in [-0.2, -0.15) is 18.3 Å². The highest BCUT2D eigenvalue weighted by Crippen LogP contribution is 2.33. The van der Waals surface area contributed by atoms with E-state index < -0.39 is 17.8 Å². The van der Waals surface area contributed by atoms with Crippen molar-refractivity contribution < 1.29 is 22.6 Å². The summed E-state index contributed by atoms with van der Waals surface area (Å²) in [5.74, 6) is 1.62. The van der Waals surface area contributed by atoms with Crippen molar-refractivity contribution in [2.24, 2.45) is 5.73 Å². The van der Waals surface area contributed by atoms with Gasteiger partial charge in [-0.3, -0.25) is 5.10 Å². The molecule has 0 amide bonds. The van der Waals surface area contributed by atoms with Gasteiger partial charge in [0, 0.05) is 5.56 Å². The molecule has 1 unspecified atom stereocenters. The van der Waals surface area contributed by atoms with Crippen LogP contribution in [0.5, 0.6) is 11.5 Å². The molecule has 0 saturated heterocycles. The van der Waals surface area contributed by atoms with E-state index in [-0.39, 0.29) is 11.4 Å². The standard InChI is InChI=1S/C20H21F3N4O2/c1-3-28-15-9-8-12(11-16(15)29-4-2)17(24)19-25-18(26-27-19)13-6-5-7-14(10-13)20(21,22)23/h5-11,17H,3-4,24H2,1-2H3,(H,25,26,27). The predicted molar refractivity (Wildman–Crippen MR) is 102 cm³/mol. The molecule has 3 rings (SSSR count). The first-order chi connectivity index (χ1) is 13.8. The number of nitrogens with one attached hydrogen (secondary N) is 1. The molecule has 0 saturated carbocycles. The zero-order valence-corrected chi connectivity index (χ0v) is 16.0. The average Bonchev–Trinajstić information content (AvgIpc) is 3.19. The monoisotopic (exact) mass is 406 g/mol. The second-order valence-electron chi connectivity index (χ2n) is 6.17. The molecule has 0 bridgehead atoms. The molecular weight excluding hydrogens is 385 g/mol. The van der Waals surface area contributed by atoms with Gasteiger partial charge in [-0.15, -0.1) is 0 Å². The molecule has 0 aliphatic heterocycles. The zero-order chi connectivity index (χ0) is 21.0. The number of benzene rings is 2. The summed E-state index contributed by atoms with van der Waals surface area (Å²) in [5, 5.41) is 6.74. The van der Waals surface area contributed by atoms with Crippen molar-refractivity contribution in [1.82, 2.24) is 15.2 Å². The molecule has 2 aromatic carbocycles. The summed E-state index contributed by atoms with van der Waals surface area (Å²) < 4.78 is 49.9. The Morgan fingerprint density at radius 3 is 2.45 bits per heavy atom. The lowest BCUT2D eigenvalue weighted by atomic mass is 10.1. The summed E-state index contributed by atoms with van der Waals surface area (Å²) in [6, 6.07) is 9.45. The number of halogens is 3. The van der Waals surface area contributed by atoms with E-state index in [1.165, 1.54) is 12.1 Å². The molecule has 29 heavy (non-hydrogen) atoms. The van der Waals surface area contributed by atoms with Crippen molar-refractivity contribution in [2.75, 3.05) is 13.2 Å². The highest BCUT2D eigenvalue weighted by molar-refractivity contribution is 5.56.